The number of imide groups is 2. The van der Waals surface area contributed by atoms with E-state index in [1.807, 2.05) is 24.3 Å². The summed E-state index contributed by atoms with van der Waals surface area (Å²) in [5.41, 5.74) is 0.411. The minimum Gasteiger partial charge on any atom is -0.860 e. The van der Waals surface area contributed by atoms with E-state index in [2.05, 4.69) is 27.7 Å². The van der Waals surface area contributed by atoms with Crippen molar-refractivity contribution in [1.29, 1.82) is 21.0 Å². The number of aromatic nitrogens is 2. The molecule has 0 bridgehead atoms. The molecule has 2 aromatic rings. The third kappa shape index (κ3) is 16.2. The number of nitrogens with zero attached hydrogens (tertiary/aromatic N) is 8. The Morgan fingerprint density at radius 2 is 0.747 bits per heavy atom. The van der Waals surface area contributed by atoms with Crippen LogP contribution in [0, 0.1) is 59.2 Å². The fourth-order valence-electron chi connectivity index (χ4n) is 8.70. The number of hydrogen-bond acceptors (Lipinski definition) is 12. The molecule has 0 radical (unpaired) electrons. The predicted molar refractivity (Wildman–Crippen MR) is 286 cm³/mol. The van der Waals surface area contributed by atoms with Gasteiger partial charge in [0.2, 0.25) is 0 Å². The summed E-state index contributed by atoms with van der Waals surface area (Å²) < 4.78 is 2.21. The maximum atomic E-state index is 13.1. The molecule has 0 atom stereocenters. The summed E-state index contributed by atoms with van der Waals surface area (Å²) in [7, 11) is 0. The number of allylic oxidation sites excluding steroid dienone is 4. The van der Waals surface area contributed by atoms with Crippen molar-refractivity contribution >= 4 is 73.5 Å². The van der Waals surface area contributed by atoms with E-state index in [1.165, 1.54) is 36.5 Å². The van der Waals surface area contributed by atoms with Crippen LogP contribution < -0.4 is 21.3 Å². The van der Waals surface area contributed by atoms with Crippen LogP contribution in [-0.2, 0) is 32.3 Å². The summed E-state index contributed by atoms with van der Waals surface area (Å²) >= 11 is 0. The van der Waals surface area contributed by atoms with Gasteiger partial charge >= 0.3 is 37.7 Å². The van der Waals surface area contributed by atoms with Gasteiger partial charge < -0.3 is 19.3 Å². The number of pyridine rings is 2. The zero-order chi connectivity index (χ0) is 55.1. The van der Waals surface area contributed by atoms with Gasteiger partial charge in [-0.15, -0.1) is 0 Å². The van der Waals surface area contributed by atoms with Gasteiger partial charge in [-0.2, -0.15) is 21.0 Å². The Labute approximate surface area is 471 Å². The van der Waals surface area contributed by atoms with Gasteiger partial charge in [0, 0.05) is 37.3 Å². The molecule has 0 saturated carbocycles. The second-order valence-electron chi connectivity index (χ2n) is 18.4. The molecular weight excluding hydrogens is 977 g/mol. The second kappa shape index (κ2) is 32.7. The van der Waals surface area contributed by atoms with Crippen LogP contribution in [0.15, 0.2) is 67.3 Å². The van der Waals surface area contributed by atoms with Crippen LogP contribution in [0.25, 0.3) is 12.2 Å². The maximum absolute atomic E-state index is 13.1. The molecular formula is C58H70CaN8O8. The zero-order valence-corrected chi connectivity index (χ0v) is 47.4. The number of nitriles is 4. The average Bonchev–Trinajstić information content (AvgIpc) is 3.37. The van der Waals surface area contributed by atoms with Crippen LogP contribution in [-0.4, -0.2) is 93.4 Å². The van der Waals surface area contributed by atoms with E-state index >= 15 is 0 Å². The van der Waals surface area contributed by atoms with Gasteiger partial charge in [-0.3, -0.25) is 38.6 Å². The fourth-order valence-corrected chi connectivity index (χ4v) is 8.70. The number of hydrogen-bond donors (Lipinski definition) is 0. The molecule has 0 fully saturated rings. The first kappa shape index (κ1) is 64.6. The van der Waals surface area contributed by atoms with Crippen LogP contribution in [0.4, 0.5) is 0 Å². The topological polar surface area (TPSA) is 260 Å². The Kier molecular flexibility index (Phi) is 28.1. The second-order valence-corrected chi connectivity index (χ2v) is 18.4. The van der Waals surface area contributed by atoms with E-state index in [0.717, 1.165) is 96.0 Å². The first-order valence-corrected chi connectivity index (χ1v) is 25.9. The quantitative estimate of drug-likeness (QED) is 0.0415. The first-order valence-electron chi connectivity index (χ1n) is 25.9. The number of carbonyl (C=O) groups excluding carboxylic acids is 4. The van der Waals surface area contributed by atoms with Gasteiger partial charge in [0.05, 0.1) is 0 Å². The van der Waals surface area contributed by atoms with E-state index in [0.29, 0.717) is 25.7 Å². The first-order chi connectivity index (χ1) is 35.5. The maximum Gasteiger partial charge on any atom is 2.00 e. The normalized spacial score (nSPS) is 14.9. The molecule has 16 nitrogen and oxygen atoms in total. The Balaban J connectivity index is 0.000000507. The largest absolute Gasteiger partial charge is 2.00 e. The Bertz CT molecular complexity index is 2740. The van der Waals surface area contributed by atoms with E-state index in [1.54, 1.807) is 27.7 Å². The molecule has 2 aromatic heterocycles. The number of amides is 4. The summed E-state index contributed by atoms with van der Waals surface area (Å²) in [6, 6.07) is 7.67. The Hall–Kier alpha value is -6.56. The molecule has 0 unspecified atom stereocenters. The Morgan fingerprint density at radius 1 is 0.440 bits per heavy atom. The smallest absolute Gasteiger partial charge is 0.860 e. The van der Waals surface area contributed by atoms with Gasteiger partial charge in [0.25, 0.3) is 34.7 Å². The molecule has 0 N–H and O–H groups in total. The summed E-state index contributed by atoms with van der Waals surface area (Å²) in [6.45, 7) is 15.4. The molecule has 392 valence electrons. The van der Waals surface area contributed by atoms with Gasteiger partial charge in [-0.25, -0.2) is 0 Å². The molecule has 75 heavy (non-hydrogen) atoms. The van der Waals surface area contributed by atoms with Gasteiger partial charge in [0.15, 0.2) is 0 Å². The SMILES string of the molecule is CCCCCCN1C(=O)C(C#N)=C(C)/C(=C\C=C\c2c(C)c(C#N)c(=O)n(CCCCCC)c2[O-])C1=O.CCCCCCN1C(=O)C(C#N)=C(C)/C(=C\C=C\c2c(C)c(C#N)c(=O)n(CCCCCC)c2[O-])C1=O.[Ca+2]. The van der Waals surface area contributed by atoms with Crippen LogP contribution in [0.1, 0.15) is 178 Å². The van der Waals surface area contributed by atoms with Crippen LogP contribution in [0.5, 0.6) is 11.8 Å². The van der Waals surface area contributed by atoms with E-state index in [9.17, 15) is 60.0 Å². The molecule has 4 rings (SSSR count). The van der Waals surface area contributed by atoms with Crippen LogP contribution in [0.2, 0.25) is 0 Å². The molecule has 2 aliphatic heterocycles. The average molecular weight is 1050 g/mol. The van der Waals surface area contributed by atoms with Gasteiger partial charge in [-0.1, -0.05) is 129 Å². The predicted octanol–water partition coefficient (Wildman–Crippen LogP) is 8.44. The minimum absolute atomic E-state index is 0. The molecule has 4 amide bonds. The minimum atomic E-state index is -0.589. The van der Waals surface area contributed by atoms with E-state index < -0.39 is 46.5 Å². The Morgan fingerprint density at radius 3 is 1.03 bits per heavy atom. The molecule has 0 aromatic carbocycles. The number of carbonyl (C=O) groups is 4. The molecule has 17 heteroatoms. The number of unbranched alkanes of at least 4 members (excludes halogenated alkanes) is 12. The fraction of sp³-hybridized carbons (Fsp3) is 0.483. The number of rotatable bonds is 24. The zero-order valence-electron chi connectivity index (χ0n) is 45.2. The molecule has 4 heterocycles. The third-order valence-electron chi connectivity index (χ3n) is 13.3. The van der Waals surface area contributed by atoms with Gasteiger partial charge in [0.1, 0.15) is 46.5 Å². The summed E-state index contributed by atoms with van der Waals surface area (Å²) in [4.78, 5) is 79.3. The van der Waals surface area contributed by atoms with Crippen molar-refractivity contribution in [2.45, 2.75) is 171 Å². The van der Waals surface area contributed by atoms with E-state index in [4.69, 9.17) is 0 Å². The third-order valence-corrected chi connectivity index (χ3v) is 13.3. The van der Waals surface area contributed by atoms with Crippen molar-refractivity contribution in [2.24, 2.45) is 0 Å². The monoisotopic (exact) mass is 1050 g/mol. The summed E-state index contributed by atoms with van der Waals surface area (Å²) in [5, 5.41) is 64.4. The molecule has 2 aliphatic rings. The van der Waals surface area contributed by atoms with Crippen molar-refractivity contribution in [1.82, 2.24) is 18.9 Å². The van der Waals surface area contributed by atoms with Crippen molar-refractivity contribution < 1.29 is 29.4 Å². The van der Waals surface area contributed by atoms with Crippen LogP contribution in [0.3, 0.4) is 0 Å². The van der Waals surface area contributed by atoms with Crippen molar-refractivity contribution in [3.8, 4) is 36.0 Å². The summed E-state index contributed by atoms with van der Waals surface area (Å²) in [6.07, 6.45) is 23.0. The summed E-state index contributed by atoms with van der Waals surface area (Å²) in [5.74, 6) is -3.12. The van der Waals surface area contributed by atoms with Gasteiger partial charge in [-0.05, 0) is 111 Å². The standard InChI is InChI=1S/2C29H36N4O4.Ca/c2*1-5-7-9-11-16-32-26(34)22(20(3)24(18-30)28(32)36)14-13-15-23-21(4)25(19-31)29(37)33(27(23)35)17-12-10-8-6-2;/h2*13-15,34H,5-12,16-17H2,1-4H3;/q;;+2/p-2/b2*14-13+,23-15+;. The molecule has 0 spiro atoms. The van der Waals surface area contributed by atoms with E-state index in [-0.39, 0.29) is 131 Å². The van der Waals surface area contributed by atoms with Crippen molar-refractivity contribution in [3.63, 3.8) is 0 Å². The van der Waals surface area contributed by atoms with Crippen molar-refractivity contribution in [2.75, 3.05) is 13.1 Å². The van der Waals surface area contributed by atoms with Crippen LogP contribution >= 0.6 is 0 Å². The molecule has 0 saturated heterocycles. The molecule has 0 aliphatic carbocycles. The van der Waals surface area contributed by atoms with Crippen molar-refractivity contribution in [3.05, 3.63) is 112 Å².